The summed E-state index contributed by atoms with van der Waals surface area (Å²) in [7, 11) is 0. The number of carbonyl (C=O) groups is 2. The molecule has 2 aromatic carbocycles. The molecule has 0 aromatic heterocycles. The lowest BCUT2D eigenvalue weighted by Gasteiger charge is -2.24. The second kappa shape index (κ2) is 9.31. The van der Waals surface area contributed by atoms with Gasteiger partial charge in [-0.05, 0) is 42.7 Å². The molecule has 4 rings (SSSR count). The second-order valence-electron chi connectivity index (χ2n) is 7.72. The molecule has 2 fully saturated rings. The summed E-state index contributed by atoms with van der Waals surface area (Å²) in [4.78, 5) is 31.0. The minimum Gasteiger partial charge on any atom is -0.340 e. The van der Waals surface area contributed by atoms with Gasteiger partial charge in [0.25, 0.3) is 0 Å². The lowest BCUT2D eigenvalue weighted by atomic mass is 10.0. The molecule has 2 aromatic rings. The zero-order chi connectivity index (χ0) is 21.1. The van der Waals surface area contributed by atoms with Crippen LogP contribution in [0.4, 0.5) is 10.5 Å². The number of rotatable bonds is 4. The van der Waals surface area contributed by atoms with Crippen LogP contribution < -0.4 is 4.90 Å². The van der Waals surface area contributed by atoms with Gasteiger partial charge in [0.2, 0.25) is 5.91 Å². The van der Waals surface area contributed by atoms with E-state index in [9.17, 15) is 9.59 Å². The molecule has 2 aliphatic rings. The molecule has 158 valence electrons. The first-order valence-corrected chi connectivity index (χ1v) is 11.7. The Morgan fingerprint density at radius 1 is 1.10 bits per heavy atom. The average Bonchev–Trinajstić information content (AvgIpc) is 2.94. The number of benzene rings is 2. The third-order valence-electron chi connectivity index (χ3n) is 5.77. The van der Waals surface area contributed by atoms with Crippen molar-refractivity contribution in [3.63, 3.8) is 0 Å². The Labute approximate surface area is 187 Å². The molecular formula is C23H26ClN3O2S. The van der Waals surface area contributed by atoms with Gasteiger partial charge in [-0.3, -0.25) is 9.69 Å². The van der Waals surface area contributed by atoms with Gasteiger partial charge in [-0.1, -0.05) is 41.9 Å². The van der Waals surface area contributed by atoms with Crippen LogP contribution in [0.1, 0.15) is 22.8 Å². The van der Waals surface area contributed by atoms with Crippen LogP contribution in [0.2, 0.25) is 5.02 Å². The fourth-order valence-electron chi connectivity index (χ4n) is 4.09. The highest BCUT2D eigenvalue weighted by Crippen LogP contribution is 2.36. The van der Waals surface area contributed by atoms with E-state index in [0.29, 0.717) is 23.4 Å². The molecule has 0 N–H and O–H groups in total. The van der Waals surface area contributed by atoms with Crippen LogP contribution in [0.5, 0.6) is 0 Å². The van der Waals surface area contributed by atoms with Crippen molar-refractivity contribution in [2.75, 3.05) is 43.4 Å². The highest BCUT2D eigenvalue weighted by Gasteiger charge is 2.32. The van der Waals surface area contributed by atoms with E-state index in [2.05, 4.69) is 31.2 Å². The number of anilines is 1. The van der Waals surface area contributed by atoms with Gasteiger partial charge >= 0.3 is 6.03 Å². The Hall–Kier alpha value is -2.18. The summed E-state index contributed by atoms with van der Waals surface area (Å²) in [6.45, 7) is 4.85. The minimum atomic E-state index is -0.132. The van der Waals surface area contributed by atoms with E-state index in [-0.39, 0.29) is 18.5 Å². The first-order chi connectivity index (χ1) is 14.5. The molecule has 0 spiro atoms. The van der Waals surface area contributed by atoms with E-state index in [1.54, 1.807) is 21.9 Å². The summed E-state index contributed by atoms with van der Waals surface area (Å²) in [6.07, 6.45) is 0.934. The summed E-state index contributed by atoms with van der Waals surface area (Å²) in [6, 6.07) is 15.6. The molecule has 30 heavy (non-hydrogen) atoms. The van der Waals surface area contributed by atoms with Crippen molar-refractivity contribution >= 4 is 41.0 Å². The average molecular weight is 444 g/mol. The van der Waals surface area contributed by atoms with Crippen molar-refractivity contribution < 1.29 is 9.59 Å². The molecule has 5 nitrogen and oxygen atoms in total. The van der Waals surface area contributed by atoms with Crippen LogP contribution in [0.3, 0.4) is 0 Å². The molecule has 0 unspecified atom stereocenters. The van der Waals surface area contributed by atoms with Crippen LogP contribution in [0.25, 0.3) is 0 Å². The number of hydrogen-bond donors (Lipinski definition) is 0. The molecule has 0 radical (unpaired) electrons. The predicted molar refractivity (Wildman–Crippen MR) is 123 cm³/mol. The molecule has 7 heteroatoms. The maximum absolute atomic E-state index is 12.9. The van der Waals surface area contributed by atoms with E-state index in [1.165, 1.54) is 11.1 Å². The first-order valence-electron chi connectivity index (χ1n) is 10.3. The lowest BCUT2D eigenvalue weighted by Crippen LogP contribution is -2.43. The van der Waals surface area contributed by atoms with Crippen molar-refractivity contribution in [3.8, 4) is 0 Å². The maximum Gasteiger partial charge on any atom is 0.325 e. The standard InChI is InChI=1S/C23H26ClN3O2S/c1-17-5-2-3-8-20(17)21-9-10-25(13-14-30-21)22(28)16-26-11-12-27(23(26)29)19-7-4-6-18(24)15-19/h2-8,15,21H,9-14,16H2,1H3/t21-/m1/s1. The van der Waals surface area contributed by atoms with Crippen molar-refractivity contribution in [2.45, 2.75) is 18.6 Å². The van der Waals surface area contributed by atoms with Crippen molar-refractivity contribution in [1.82, 2.24) is 9.80 Å². The van der Waals surface area contributed by atoms with Gasteiger partial charge in [0, 0.05) is 47.9 Å². The number of thioether (sulfide) groups is 1. The molecular weight excluding hydrogens is 418 g/mol. The number of urea groups is 1. The molecule has 2 aliphatic heterocycles. The van der Waals surface area contributed by atoms with Crippen LogP contribution in [0, 0.1) is 6.92 Å². The molecule has 2 saturated heterocycles. The zero-order valence-corrected chi connectivity index (χ0v) is 18.7. The highest BCUT2D eigenvalue weighted by molar-refractivity contribution is 7.99. The van der Waals surface area contributed by atoms with Crippen molar-refractivity contribution in [3.05, 3.63) is 64.7 Å². The SMILES string of the molecule is Cc1ccccc1[C@H]1CCN(C(=O)CN2CCN(c3cccc(Cl)c3)C2=O)CCS1. The number of hydrogen-bond acceptors (Lipinski definition) is 3. The molecule has 0 saturated carbocycles. The summed E-state index contributed by atoms with van der Waals surface area (Å²) >= 11 is 7.98. The minimum absolute atomic E-state index is 0.0299. The van der Waals surface area contributed by atoms with Crippen LogP contribution in [-0.4, -0.2) is 60.2 Å². The Morgan fingerprint density at radius 3 is 2.73 bits per heavy atom. The maximum atomic E-state index is 12.9. The van der Waals surface area contributed by atoms with E-state index in [1.807, 2.05) is 28.8 Å². The summed E-state index contributed by atoms with van der Waals surface area (Å²) in [5.41, 5.74) is 3.44. The first kappa shape index (κ1) is 21.1. The number of halogens is 1. The fraction of sp³-hybridized carbons (Fsp3) is 0.391. The topological polar surface area (TPSA) is 43.9 Å². The van der Waals surface area contributed by atoms with Crippen LogP contribution in [-0.2, 0) is 4.79 Å². The molecule has 1 atom stereocenters. The molecule has 0 aliphatic carbocycles. The predicted octanol–water partition coefficient (Wildman–Crippen LogP) is 4.60. The Bertz CT molecular complexity index is 938. The zero-order valence-electron chi connectivity index (χ0n) is 17.1. The second-order valence-corrected chi connectivity index (χ2v) is 9.47. The fourth-order valence-corrected chi connectivity index (χ4v) is 5.60. The summed E-state index contributed by atoms with van der Waals surface area (Å²) in [5.74, 6) is 0.940. The summed E-state index contributed by atoms with van der Waals surface area (Å²) in [5, 5.41) is 1.01. The normalized spacial score (nSPS) is 19.9. The van der Waals surface area contributed by atoms with Gasteiger partial charge in [-0.25, -0.2) is 4.79 Å². The van der Waals surface area contributed by atoms with E-state index in [4.69, 9.17) is 11.6 Å². The van der Waals surface area contributed by atoms with Crippen molar-refractivity contribution in [2.24, 2.45) is 0 Å². The lowest BCUT2D eigenvalue weighted by molar-refractivity contribution is -0.131. The van der Waals surface area contributed by atoms with Gasteiger partial charge in [-0.15, -0.1) is 0 Å². The summed E-state index contributed by atoms with van der Waals surface area (Å²) < 4.78 is 0. The number of aryl methyl sites for hydroxylation is 1. The Kier molecular flexibility index (Phi) is 6.54. The Balaban J connectivity index is 1.35. The smallest absolute Gasteiger partial charge is 0.325 e. The van der Waals surface area contributed by atoms with Crippen LogP contribution >= 0.6 is 23.4 Å². The highest BCUT2D eigenvalue weighted by atomic mass is 35.5. The number of carbonyl (C=O) groups excluding carboxylic acids is 2. The van der Waals surface area contributed by atoms with Gasteiger partial charge in [0.15, 0.2) is 0 Å². The van der Waals surface area contributed by atoms with Crippen LogP contribution in [0.15, 0.2) is 48.5 Å². The quantitative estimate of drug-likeness (QED) is 0.693. The largest absolute Gasteiger partial charge is 0.340 e. The third kappa shape index (κ3) is 4.60. The Morgan fingerprint density at radius 2 is 1.93 bits per heavy atom. The van der Waals surface area contributed by atoms with Gasteiger partial charge < -0.3 is 9.80 Å². The molecule has 3 amide bonds. The molecule has 0 bridgehead atoms. The number of amides is 3. The number of nitrogens with zero attached hydrogens (tertiary/aromatic N) is 3. The van der Waals surface area contributed by atoms with E-state index in [0.717, 1.165) is 31.0 Å². The van der Waals surface area contributed by atoms with E-state index >= 15 is 0 Å². The molecule has 2 heterocycles. The van der Waals surface area contributed by atoms with Gasteiger partial charge in [0.1, 0.15) is 6.54 Å². The van der Waals surface area contributed by atoms with E-state index < -0.39 is 0 Å². The third-order valence-corrected chi connectivity index (χ3v) is 7.32. The van der Waals surface area contributed by atoms with Gasteiger partial charge in [0.05, 0.1) is 0 Å². The van der Waals surface area contributed by atoms with Crippen molar-refractivity contribution in [1.29, 1.82) is 0 Å². The monoisotopic (exact) mass is 443 g/mol. The van der Waals surface area contributed by atoms with Gasteiger partial charge in [-0.2, -0.15) is 11.8 Å².